The molecule has 7 heteroatoms. The van der Waals surface area contributed by atoms with Gasteiger partial charge in [-0.25, -0.2) is 9.18 Å². The third-order valence-electron chi connectivity index (χ3n) is 4.26. The molecular formula is C17H21FN4O2. The van der Waals surface area contributed by atoms with Gasteiger partial charge >= 0.3 is 6.03 Å². The lowest BCUT2D eigenvalue weighted by Crippen LogP contribution is -2.42. The average Bonchev–Trinajstić information content (AvgIpc) is 3.25. The lowest BCUT2D eigenvalue weighted by atomic mass is 10.2. The van der Waals surface area contributed by atoms with Gasteiger partial charge in [0.25, 0.3) is 5.89 Å². The summed E-state index contributed by atoms with van der Waals surface area (Å²) in [5.74, 6) is 0.561. The van der Waals surface area contributed by atoms with E-state index >= 15 is 0 Å². The molecule has 1 aromatic heterocycles. The molecule has 0 atom stereocenters. The minimum Gasteiger partial charge on any atom is -0.335 e. The van der Waals surface area contributed by atoms with Crippen LogP contribution in [0.3, 0.4) is 0 Å². The Kier molecular flexibility index (Phi) is 5.08. The van der Waals surface area contributed by atoms with Gasteiger partial charge in [-0.15, -0.1) is 0 Å². The van der Waals surface area contributed by atoms with Crippen molar-refractivity contribution in [2.24, 2.45) is 0 Å². The Hall–Kier alpha value is -2.44. The minimum atomic E-state index is -0.312. The van der Waals surface area contributed by atoms with E-state index in [-0.39, 0.29) is 11.8 Å². The molecule has 1 N–H and O–H groups in total. The number of halogens is 1. The molecule has 24 heavy (non-hydrogen) atoms. The van der Waals surface area contributed by atoms with E-state index in [0.29, 0.717) is 36.3 Å². The monoisotopic (exact) mass is 332 g/mol. The molecule has 0 aliphatic heterocycles. The second kappa shape index (κ2) is 7.42. The van der Waals surface area contributed by atoms with Gasteiger partial charge in [0.2, 0.25) is 0 Å². The quantitative estimate of drug-likeness (QED) is 0.913. The number of nitrogens with zero attached hydrogens (tertiary/aromatic N) is 3. The molecule has 1 heterocycles. The molecule has 2 amide bonds. The summed E-state index contributed by atoms with van der Waals surface area (Å²) in [6.07, 6.45) is 4.99. The molecule has 1 aliphatic rings. The first kappa shape index (κ1) is 16.4. The van der Waals surface area contributed by atoms with Gasteiger partial charge in [0, 0.05) is 31.6 Å². The summed E-state index contributed by atoms with van der Waals surface area (Å²) in [6.45, 7) is 0.501. The van der Waals surface area contributed by atoms with E-state index in [0.717, 1.165) is 12.8 Å². The van der Waals surface area contributed by atoms with Gasteiger partial charge < -0.3 is 14.7 Å². The average molecular weight is 332 g/mol. The van der Waals surface area contributed by atoms with Crippen molar-refractivity contribution in [2.75, 3.05) is 13.6 Å². The van der Waals surface area contributed by atoms with Crippen LogP contribution in [0.25, 0.3) is 11.5 Å². The molecule has 1 aliphatic carbocycles. The highest BCUT2D eigenvalue weighted by Crippen LogP contribution is 2.18. The molecule has 3 rings (SSSR count). The van der Waals surface area contributed by atoms with Crippen molar-refractivity contribution >= 4 is 6.03 Å². The smallest absolute Gasteiger partial charge is 0.317 e. The summed E-state index contributed by atoms with van der Waals surface area (Å²) in [5.41, 5.74) is 0.669. The Morgan fingerprint density at radius 2 is 2.04 bits per heavy atom. The Morgan fingerprint density at radius 3 is 2.75 bits per heavy atom. The zero-order chi connectivity index (χ0) is 16.9. The Bertz CT molecular complexity index is 680. The van der Waals surface area contributed by atoms with Crippen LogP contribution in [0.5, 0.6) is 0 Å². The van der Waals surface area contributed by atoms with E-state index in [9.17, 15) is 9.18 Å². The van der Waals surface area contributed by atoms with Crippen LogP contribution in [-0.4, -0.2) is 40.7 Å². The number of amides is 2. The normalized spacial score (nSPS) is 14.8. The van der Waals surface area contributed by atoms with Crippen molar-refractivity contribution in [3.8, 4) is 11.5 Å². The van der Waals surface area contributed by atoms with Crippen LogP contribution < -0.4 is 5.32 Å². The molecule has 0 bridgehead atoms. The maximum Gasteiger partial charge on any atom is 0.317 e. The van der Waals surface area contributed by atoms with E-state index in [2.05, 4.69) is 15.5 Å². The molecule has 2 aromatic rings. The summed E-state index contributed by atoms with van der Waals surface area (Å²) in [4.78, 5) is 18.0. The Labute approximate surface area is 140 Å². The molecule has 128 valence electrons. The molecule has 6 nitrogen and oxygen atoms in total. The molecule has 0 saturated heterocycles. The number of carbonyl (C=O) groups excluding carboxylic acids is 1. The largest absolute Gasteiger partial charge is 0.335 e. The fourth-order valence-corrected chi connectivity index (χ4v) is 2.79. The minimum absolute atomic E-state index is 0.0656. The summed E-state index contributed by atoms with van der Waals surface area (Å²) in [6, 6.07) is 6.11. The van der Waals surface area contributed by atoms with Crippen molar-refractivity contribution in [1.29, 1.82) is 0 Å². The third kappa shape index (κ3) is 4.10. The van der Waals surface area contributed by atoms with Crippen LogP contribution in [0.4, 0.5) is 9.18 Å². The summed E-state index contributed by atoms with van der Waals surface area (Å²) in [7, 11) is 1.76. The highest BCUT2D eigenvalue weighted by atomic mass is 19.1. The van der Waals surface area contributed by atoms with Crippen LogP contribution >= 0.6 is 0 Å². The predicted molar refractivity (Wildman–Crippen MR) is 86.8 cm³/mol. The molecular weight excluding hydrogens is 311 g/mol. The summed E-state index contributed by atoms with van der Waals surface area (Å²) < 4.78 is 18.1. The van der Waals surface area contributed by atoms with Crippen molar-refractivity contribution < 1.29 is 13.7 Å². The standard InChI is InChI=1S/C17H21FN4O2/c1-22(17(23)19-14-4-2-3-5-14)11-10-15-20-16(24-21-15)12-6-8-13(18)9-7-12/h6-9,14H,2-5,10-11H2,1H3,(H,19,23). The van der Waals surface area contributed by atoms with Gasteiger partial charge in [-0.3, -0.25) is 0 Å². The van der Waals surface area contributed by atoms with Gasteiger partial charge in [0.05, 0.1) is 0 Å². The van der Waals surface area contributed by atoms with E-state index in [1.54, 1.807) is 24.1 Å². The maximum absolute atomic E-state index is 12.9. The lowest BCUT2D eigenvalue weighted by molar-refractivity contribution is 0.205. The molecule has 1 aromatic carbocycles. The number of rotatable bonds is 5. The van der Waals surface area contributed by atoms with Crippen LogP contribution in [0.2, 0.25) is 0 Å². The third-order valence-corrected chi connectivity index (χ3v) is 4.26. The molecule has 1 fully saturated rings. The number of benzene rings is 1. The van der Waals surface area contributed by atoms with Crippen molar-refractivity contribution in [2.45, 2.75) is 38.1 Å². The zero-order valence-corrected chi connectivity index (χ0v) is 13.7. The van der Waals surface area contributed by atoms with E-state index in [4.69, 9.17) is 4.52 Å². The molecule has 0 unspecified atom stereocenters. The zero-order valence-electron chi connectivity index (χ0n) is 13.7. The van der Waals surface area contributed by atoms with Crippen LogP contribution in [0, 0.1) is 5.82 Å². The summed E-state index contributed by atoms with van der Waals surface area (Å²) in [5, 5.41) is 6.95. The van der Waals surface area contributed by atoms with Gasteiger partial charge in [0.1, 0.15) is 5.82 Å². The first-order valence-electron chi connectivity index (χ1n) is 8.22. The van der Waals surface area contributed by atoms with Gasteiger partial charge in [-0.1, -0.05) is 18.0 Å². The van der Waals surface area contributed by atoms with Crippen molar-refractivity contribution in [3.05, 3.63) is 35.9 Å². The lowest BCUT2D eigenvalue weighted by Gasteiger charge is -2.20. The number of hydrogen-bond acceptors (Lipinski definition) is 4. The van der Waals surface area contributed by atoms with Crippen LogP contribution in [0.1, 0.15) is 31.5 Å². The number of hydrogen-bond donors (Lipinski definition) is 1. The van der Waals surface area contributed by atoms with Gasteiger partial charge in [-0.2, -0.15) is 4.98 Å². The highest BCUT2D eigenvalue weighted by molar-refractivity contribution is 5.74. The van der Waals surface area contributed by atoms with E-state index in [1.165, 1.54) is 25.0 Å². The number of nitrogens with one attached hydrogen (secondary N) is 1. The topological polar surface area (TPSA) is 71.3 Å². The Morgan fingerprint density at radius 1 is 1.33 bits per heavy atom. The molecule has 0 radical (unpaired) electrons. The highest BCUT2D eigenvalue weighted by Gasteiger charge is 2.19. The van der Waals surface area contributed by atoms with E-state index < -0.39 is 0 Å². The first-order valence-corrected chi connectivity index (χ1v) is 8.22. The second-order valence-electron chi connectivity index (χ2n) is 6.13. The second-order valence-corrected chi connectivity index (χ2v) is 6.13. The number of likely N-dealkylation sites (N-methyl/N-ethyl adjacent to an activating group) is 1. The van der Waals surface area contributed by atoms with Crippen LogP contribution in [0.15, 0.2) is 28.8 Å². The van der Waals surface area contributed by atoms with Crippen LogP contribution in [-0.2, 0) is 6.42 Å². The van der Waals surface area contributed by atoms with Gasteiger partial charge in [0.15, 0.2) is 5.82 Å². The number of aromatic nitrogens is 2. The Balaban J connectivity index is 1.51. The molecule has 1 saturated carbocycles. The van der Waals surface area contributed by atoms with Gasteiger partial charge in [-0.05, 0) is 37.1 Å². The fourth-order valence-electron chi connectivity index (χ4n) is 2.79. The SMILES string of the molecule is CN(CCc1noc(-c2ccc(F)cc2)n1)C(=O)NC1CCCC1. The predicted octanol–water partition coefficient (Wildman–Crippen LogP) is 3.00. The maximum atomic E-state index is 12.9. The van der Waals surface area contributed by atoms with Crippen molar-refractivity contribution in [3.63, 3.8) is 0 Å². The first-order chi connectivity index (χ1) is 11.6. The van der Waals surface area contributed by atoms with Crippen molar-refractivity contribution in [1.82, 2.24) is 20.4 Å². The summed E-state index contributed by atoms with van der Waals surface area (Å²) >= 11 is 0. The number of carbonyl (C=O) groups is 1. The molecule has 0 spiro atoms. The fraction of sp³-hybridized carbons (Fsp3) is 0.471. The van der Waals surface area contributed by atoms with E-state index in [1.807, 2.05) is 0 Å². The number of urea groups is 1.